The average Bonchev–Trinajstić information content (AvgIpc) is 2.49. The van der Waals surface area contributed by atoms with Gasteiger partial charge in [0.2, 0.25) is 0 Å². The zero-order valence-corrected chi connectivity index (χ0v) is 12.3. The number of H-pyrrole nitrogens is 1. The van der Waals surface area contributed by atoms with E-state index in [0.29, 0.717) is 33.9 Å². The summed E-state index contributed by atoms with van der Waals surface area (Å²) in [5.74, 6) is 1.07. The highest BCUT2D eigenvalue weighted by molar-refractivity contribution is 5.88. The Labute approximate surface area is 126 Å². The molecule has 1 aromatic heterocycles. The fourth-order valence-corrected chi connectivity index (χ4v) is 2.35. The van der Waals surface area contributed by atoms with E-state index in [0.717, 1.165) is 11.1 Å². The molecule has 0 saturated carbocycles. The third kappa shape index (κ3) is 2.24. The fraction of sp³-hybridized carbons (Fsp3) is 0.125. The number of nitrogen functional groups attached to an aromatic ring is 2. The van der Waals surface area contributed by atoms with Crippen LogP contribution in [-0.2, 0) is 0 Å². The highest BCUT2D eigenvalue weighted by atomic mass is 16.5. The van der Waals surface area contributed by atoms with Crippen LogP contribution in [0.25, 0.3) is 22.3 Å². The normalized spacial score (nSPS) is 10.8. The molecule has 6 heteroatoms. The number of hydrogen-bond acceptors (Lipinski definition) is 5. The molecule has 0 fully saturated rings. The van der Waals surface area contributed by atoms with E-state index in [-0.39, 0.29) is 5.56 Å². The summed E-state index contributed by atoms with van der Waals surface area (Å²) in [6.45, 7) is 1.96. The van der Waals surface area contributed by atoms with Gasteiger partial charge in [-0.15, -0.1) is 0 Å². The van der Waals surface area contributed by atoms with Gasteiger partial charge in [0.1, 0.15) is 11.6 Å². The monoisotopic (exact) mass is 296 g/mol. The average molecular weight is 296 g/mol. The van der Waals surface area contributed by atoms with Gasteiger partial charge in [0.25, 0.3) is 5.56 Å². The summed E-state index contributed by atoms with van der Waals surface area (Å²) in [4.78, 5) is 19.5. The van der Waals surface area contributed by atoms with E-state index in [2.05, 4.69) is 9.97 Å². The second kappa shape index (κ2) is 5.07. The number of aryl methyl sites for hydroxylation is 1. The van der Waals surface area contributed by atoms with Crippen molar-refractivity contribution >= 4 is 22.3 Å². The summed E-state index contributed by atoms with van der Waals surface area (Å²) in [6, 6.07) is 8.81. The number of methoxy groups -OCH3 is 1. The Hall–Kier alpha value is -3.02. The highest BCUT2D eigenvalue weighted by Gasteiger charge is 2.12. The minimum absolute atomic E-state index is 0.268. The maximum Gasteiger partial charge on any atom is 0.259 e. The summed E-state index contributed by atoms with van der Waals surface area (Å²) in [5.41, 5.74) is 14.3. The molecule has 5 N–H and O–H groups in total. The lowest BCUT2D eigenvalue weighted by Gasteiger charge is -2.10. The number of fused-ring (bicyclic) bond motifs is 1. The van der Waals surface area contributed by atoms with Gasteiger partial charge >= 0.3 is 0 Å². The Kier molecular flexibility index (Phi) is 3.21. The van der Waals surface area contributed by atoms with Gasteiger partial charge in [0.15, 0.2) is 0 Å². The van der Waals surface area contributed by atoms with Gasteiger partial charge in [-0.1, -0.05) is 11.6 Å². The smallest absolute Gasteiger partial charge is 0.259 e. The molecule has 0 radical (unpaired) electrons. The molecule has 0 bridgehead atoms. The summed E-state index contributed by atoms with van der Waals surface area (Å²) >= 11 is 0. The largest absolute Gasteiger partial charge is 0.496 e. The minimum Gasteiger partial charge on any atom is -0.496 e. The van der Waals surface area contributed by atoms with Crippen molar-refractivity contribution in [2.75, 3.05) is 18.6 Å². The van der Waals surface area contributed by atoms with Crippen LogP contribution >= 0.6 is 0 Å². The Bertz CT molecular complexity index is 931. The van der Waals surface area contributed by atoms with E-state index in [4.69, 9.17) is 16.2 Å². The Morgan fingerprint density at radius 2 is 1.86 bits per heavy atom. The van der Waals surface area contributed by atoms with Crippen LogP contribution in [0.15, 0.2) is 35.1 Å². The molecule has 6 nitrogen and oxygen atoms in total. The number of hydrogen-bond donors (Lipinski definition) is 3. The van der Waals surface area contributed by atoms with Crippen LogP contribution in [0.2, 0.25) is 0 Å². The summed E-state index contributed by atoms with van der Waals surface area (Å²) in [5, 5.41) is 0.405. The van der Waals surface area contributed by atoms with Gasteiger partial charge in [0, 0.05) is 0 Å². The number of benzene rings is 2. The zero-order chi connectivity index (χ0) is 15.9. The molecule has 0 aliphatic heterocycles. The SMILES string of the molecule is COc1ccc(C)cc1-c1nc2cc(N)c(N)cc2c(=O)[nH]1. The van der Waals surface area contributed by atoms with Crippen molar-refractivity contribution in [2.24, 2.45) is 0 Å². The minimum atomic E-state index is -0.268. The van der Waals surface area contributed by atoms with Gasteiger partial charge in [-0.2, -0.15) is 0 Å². The molecule has 0 atom stereocenters. The predicted molar refractivity (Wildman–Crippen MR) is 87.9 cm³/mol. The van der Waals surface area contributed by atoms with E-state index in [1.54, 1.807) is 13.2 Å². The lowest BCUT2D eigenvalue weighted by Crippen LogP contribution is -2.11. The number of anilines is 2. The summed E-state index contributed by atoms with van der Waals surface area (Å²) < 4.78 is 5.34. The number of nitrogens with one attached hydrogen (secondary N) is 1. The number of aromatic nitrogens is 2. The standard InChI is InChI=1S/C16H16N4O2/c1-8-3-4-14(22-2)10(5-8)15-19-13-7-12(18)11(17)6-9(13)16(21)20-15/h3-7H,17-18H2,1-2H3,(H,19,20,21). The predicted octanol–water partition coefficient (Wildman–Crippen LogP) is 2.07. The number of ether oxygens (including phenoxy) is 1. The van der Waals surface area contributed by atoms with Crippen LogP contribution in [-0.4, -0.2) is 17.1 Å². The van der Waals surface area contributed by atoms with E-state index < -0.39 is 0 Å². The Balaban J connectivity index is 2.31. The maximum atomic E-state index is 12.3. The van der Waals surface area contributed by atoms with Crippen LogP contribution in [0, 0.1) is 6.92 Å². The Morgan fingerprint density at radius 1 is 1.14 bits per heavy atom. The fourth-order valence-electron chi connectivity index (χ4n) is 2.35. The van der Waals surface area contributed by atoms with Crippen LogP contribution in [0.5, 0.6) is 5.75 Å². The number of nitrogens with zero attached hydrogens (tertiary/aromatic N) is 1. The first-order valence-electron chi connectivity index (χ1n) is 6.73. The van der Waals surface area contributed by atoms with Gasteiger partial charge in [-0.05, 0) is 31.2 Å². The number of aromatic amines is 1. The van der Waals surface area contributed by atoms with Crippen molar-refractivity contribution in [3.63, 3.8) is 0 Å². The van der Waals surface area contributed by atoms with Crippen molar-refractivity contribution in [1.82, 2.24) is 9.97 Å². The van der Waals surface area contributed by atoms with Crippen molar-refractivity contribution < 1.29 is 4.74 Å². The highest BCUT2D eigenvalue weighted by Crippen LogP contribution is 2.29. The third-order valence-electron chi connectivity index (χ3n) is 3.52. The molecule has 112 valence electrons. The molecule has 0 amide bonds. The lowest BCUT2D eigenvalue weighted by atomic mass is 10.1. The summed E-state index contributed by atoms with van der Waals surface area (Å²) in [6.07, 6.45) is 0. The van der Waals surface area contributed by atoms with E-state index in [1.165, 1.54) is 6.07 Å². The van der Waals surface area contributed by atoms with Crippen LogP contribution in [0.1, 0.15) is 5.56 Å². The molecule has 3 aromatic rings. The van der Waals surface area contributed by atoms with Gasteiger partial charge in [0.05, 0.1) is 35.0 Å². The molecule has 0 spiro atoms. The summed E-state index contributed by atoms with van der Waals surface area (Å²) in [7, 11) is 1.58. The number of rotatable bonds is 2. The van der Waals surface area contributed by atoms with Crippen molar-refractivity contribution in [3.05, 3.63) is 46.2 Å². The third-order valence-corrected chi connectivity index (χ3v) is 3.52. The lowest BCUT2D eigenvalue weighted by molar-refractivity contribution is 0.416. The Morgan fingerprint density at radius 3 is 2.59 bits per heavy atom. The van der Waals surface area contributed by atoms with Gasteiger partial charge in [-0.3, -0.25) is 4.79 Å². The molecule has 0 aliphatic rings. The van der Waals surface area contributed by atoms with E-state index in [9.17, 15) is 4.79 Å². The second-order valence-electron chi connectivity index (χ2n) is 5.12. The topological polar surface area (TPSA) is 107 Å². The molecule has 0 saturated heterocycles. The quantitative estimate of drug-likeness (QED) is 0.627. The van der Waals surface area contributed by atoms with Crippen molar-refractivity contribution in [1.29, 1.82) is 0 Å². The molecular formula is C16H16N4O2. The first-order chi connectivity index (χ1) is 10.5. The molecule has 2 aromatic carbocycles. The number of nitrogens with two attached hydrogens (primary N) is 2. The molecule has 1 heterocycles. The first kappa shape index (κ1) is 13.9. The molecule has 3 rings (SSSR count). The molecule has 22 heavy (non-hydrogen) atoms. The molecular weight excluding hydrogens is 280 g/mol. The van der Waals surface area contributed by atoms with Gasteiger partial charge in [-0.25, -0.2) is 4.98 Å². The molecule has 0 aliphatic carbocycles. The van der Waals surface area contributed by atoms with Crippen LogP contribution in [0.3, 0.4) is 0 Å². The van der Waals surface area contributed by atoms with Crippen LogP contribution < -0.4 is 21.8 Å². The van der Waals surface area contributed by atoms with Crippen molar-refractivity contribution in [2.45, 2.75) is 6.92 Å². The zero-order valence-electron chi connectivity index (χ0n) is 12.3. The first-order valence-corrected chi connectivity index (χ1v) is 6.73. The maximum absolute atomic E-state index is 12.3. The molecule has 0 unspecified atom stereocenters. The van der Waals surface area contributed by atoms with Crippen LogP contribution in [0.4, 0.5) is 11.4 Å². The van der Waals surface area contributed by atoms with E-state index in [1.807, 2.05) is 25.1 Å². The van der Waals surface area contributed by atoms with Crippen molar-refractivity contribution in [3.8, 4) is 17.1 Å². The van der Waals surface area contributed by atoms with E-state index >= 15 is 0 Å². The second-order valence-corrected chi connectivity index (χ2v) is 5.12. The van der Waals surface area contributed by atoms with Gasteiger partial charge < -0.3 is 21.2 Å².